The molecule has 92 valence electrons. The highest BCUT2D eigenvalue weighted by Gasteiger charge is 2.50. The fourth-order valence-electron chi connectivity index (χ4n) is 2.05. The van der Waals surface area contributed by atoms with Crippen molar-refractivity contribution in [1.29, 1.82) is 0 Å². The van der Waals surface area contributed by atoms with Crippen molar-refractivity contribution in [2.24, 2.45) is 11.3 Å². The molecule has 0 heterocycles. The van der Waals surface area contributed by atoms with Crippen LogP contribution in [0.5, 0.6) is 5.75 Å². The molecular weight excluding hydrogens is 280 g/mol. The second kappa shape index (κ2) is 4.45. The van der Waals surface area contributed by atoms with E-state index in [0.29, 0.717) is 6.61 Å². The minimum atomic E-state index is 0.176. The maximum atomic E-state index is 12.2. The van der Waals surface area contributed by atoms with E-state index in [9.17, 15) is 4.79 Å². The normalized spacial score (nSPS) is 21.1. The first-order valence-electron chi connectivity index (χ1n) is 5.92. The molecule has 1 aromatic carbocycles. The molecule has 0 bridgehead atoms. The first kappa shape index (κ1) is 12.6. The molecule has 3 heteroatoms. The molecule has 1 unspecified atom stereocenters. The second-order valence-corrected chi connectivity index (χ2v) is 6.04. The molecule has 17 heavy (non-hydrogen) atoms. The first-order chi connectivity index (χ1) is 7.95. The van der Waals surface area contributed by atoms with Crippen molar-refractivity contribution in [2.75, 3.05) is 6.61 Å². The molecule has 1 saturated carbocycles. The maximum absolute atomic E-state index is 12.2. The van der Waals surface area contributed by atoms with Crippen molar-refractivity contribution >= 4 is 21.7 Å². The number of carbonyl (C=O) groups excluding carboxylic acids is 1. The Kier molecular flexibility index (Phi) is 3.30. The summed E-state index contributed by atoms with van der Waals surface area (Å²) < 4.78 is 6.23. The zero-order chi connectivity index (χ0) is 12.6. The summed E-state index contributed by atoms with van der Waals surface area (Å²) in [5.74, 6) is 1.22. The summed E-state index contributed by atoms with van der Waals surface area (Å²) in [6.07, 6.45) is 0.992. The van der Waals surface area contributed by atoms with Crippen LogP contribution in [0.4, 0.5) is 0 Å². The van der Waals surface area contributed by atoms with Gasteiger partial charge < -0.3 is 4.74 Å². The number of ether oxygens (including phenoxy) is 1. The predicted octanol–water partition coefficient (Wildman–Crippen LogP) is 4.08. The molecule has 1 aliphatic carbocycles. The van der Waals surface area contributed by atoms with E-state index in [0.717, 1.165) is 22.2 Å². The van der Waals surface area contributed by atoms with Crippen LogP contribution in [0.25, 0.3) is 0 Å². The molecule has 2 rings (SSSR count). The minimum absolute atomic E-state index is 0.176. The molecule has 2 nitrogen and oxygen atoms in total. The van der Waals surface area contributed by atoms with Gasteiger partial charge in [-0.15, -0.1) is 0 Å². The van der Waals surface area contributed by atoms with Gasteiger partial charge >= 0.3 is 0 Å². The lowest BCUT2D eigenvalue weighted by molar-refractivity contribution is 0.0952. The molecule has 1 aromatic rings. The molecule has 0 saturated heterocycles. The van der Waals surface area contributed by atoms with Crippen LogP contribution in [0.2, 0.25) is 0 Å². The average Bonchev–Trinajstić information content (AvgIpc) is 2.88. The first-order valence-corrected chi connectivity index (χ1v) is 6.71. The Balaban J connectivity index is 2.19. The van der Waals surface area contributed by atoms with Gasteiger partial charge in [-0.2, -0.15) is 0 Å². The number of halogens is 1. The Morgan fingerprint density at radius 1 is 1.53 bits per heavy atom. The van der Waals surface area contributed by atoms with Gasteiger partial charge in [0.05, 0.1) is 6.61 Å². The predicted molar refractivity (Wildman–Crippen MR) is 71.5 cm³/mol. The van der Waals surface area contributed by atoms with Gasteiger partial charge in [0.25, 0.3) is 0 Å². The van der Waals surface area contributed by atoms with Crippen molar-refractivity contribution in [3.05, 3.63) is 28.2 Å². The fraction of sp³-hybridized carbons (Fsp3) is 0.500. The molecule has 0 aliphatic heterocycles. The number of Topliss-reactive ketones (excluding diaryl/α,β-unsaturated/α-hetero) is 1. The van der Waals surface area contributed by atoms with Gasteiger partial charge in [0, 0.05) is 16.0 Å². The van der Waals surface area contributed by atoms with Crippen LogP contribution in [-0.2, 0) is 0 Å². The van der Waals surface area contributed by atoms with Gasteiger partial charge in [0.1, 0.15) is 5.75 Å². The van der Waals surface area contributed by atoms with Crippen LogP contribution in [0.1, 0.15) is 37.6 Å². The number of rotatable bonds is 4. The average molecular weight is 297 g/mol. The lowest BCUT2D eigenvalue weighted by Crippen LogP contribution is -2.07. The molecule has 0 aromatic heterocycles. The van der Waals surface area contributed by atoms with E-state index in [1.165, 1.54) is 0 Å². The van der Waals surface area contributed by atoms with E-state index in [-0.39, 0.29) is 17.1 Å². The van der Waals surface area contributed by atoms with Gasteiger partial charge in [0.15, 0.2) is 5.78 Å². The van der Waals surface area contributed by atoms with Gasteiger partial charge in [-0.3, -0.25) is 4.79 Å². The summed E-state index contributed by atoms with van der Waals surface area (Å²) in [4.78, 5) is 12.2. The van der Waals surface area contributed by atoms with Crippen LogP contribution < -0.4 is 4.74 Å². The highest BCUT2D eigenvalue weighted by molar-refractivity contribution is 9.10. The Hall–Kier alpha value is -0.830. The Labute approximate surface area is 110 Å². The van der Waals surface area contributed by atoms with Crippen molar-refractivity contribution in [1.82, 2.24) is 0 Å². The van der Waals surface area contributed by atoms with E-state index in [1.807, 2.05) is 25.1 Å². The number of carbonyl (C=O) groups is 1. The zero-order valence-electron chi connectivity index (χ0n) is 10.4. The third-order valence-corrected chi connectivity index (χ3v) is 4.00. The van der Waals surface area contributed by atoms with Gasteiger partial charge in [0.2, 0.25) is 0 Å². The molecule has 1 atom stereocenters. The molecule has 1 fully saturated rings. The minimum Gasteiger partial charge on any atom is -0.494 e. The Morgan fingerprint density at radius 2 is 2.18 bits per heavy atom. The van der Waals surface area contributed by atoms with Gasteiger partial charge in [-0.1, -0.05) is 13.8 Å². The number of benzene rings is 1. The molecule has 1 aliphatic rings. The number of hydrogen-bond acceptors (Lipinski definition) is 2. The summed E-state index contributed by atoms with van der Waals surface area (Å²) in [5.41, 5.74) is 0.943. The Bertz CT molecular complexity index is 452. The third-order valence-electron chi connectivity index (χ3n) is 3.35. The summed E-state index contributed by atoms with van der Waals surface area (Å²) in [6.45, 7) is 6.85. The molecular formula is C14H17BrO2. The van der Waals surface area contributed by atoms with Gasteiger partial charge in [-0.05, 0) is 52.9 Å². The van der Waals surface area contributed by atoms with Crippen molar-refractivity contribution in [3.63, 3.8) is 0 Å². The van der Waals surface area contributed by atoms with Crippen LogP contribution in [0.15, 0.2) is 22.7 Å². The summed E-state index contributed by atoms with van der Waals surface area (Å²) in [7, 11) is 0. The van der Waals surface area contributed by atoms with E-state index in [1.54, 1.807) is 0 Å². The quantitative estimate of drug-likeness (QED) is 0.783. The zero-order valence-corrected chi connectivity index (χ0v) is 12.0. The lowest BCUT2D eigenvalue weighted by Gasteiger charge is -2.08. The van der Waals surface area contributed by atoms with E-state index in [4.69, 9.17) is 4.74 Å². The highest BCUT2D eigenvalue weighted by Crippen LogP contribution is 2.53. The van der Waals surface area contributed by atoms with Crippen LogP contribution in [0.3, 0.4) is 0 Å². The summed E-state index contributed by atoms with van der Waals surface area (Å²) in [6, 6.07) is 5.58. The summed E-state index contributed by atoms with van der Waals surface area (Å²) >= 11 is 3.45. The monoisotopic (exact) mass is 296 g/mol. The number of hydrogen-bond donors (Lipinski definition) is 0. The molecule has 0 N–H and O–H groups in total. The SMILES string of the molecule is CCOc1ccc(C(=O)C2CC2(C)C)c(Br)c1. The standard InChI is InChI=1S/C14H17BrO2/c1-4-17-9-5-6-10(12(15)7-9)13(16)11-8-14(11,2)3/h5-7,11H,4,8H2,1-3H3. The van der Waals surface area contributed by atoms with E-state index >= 15 is 0 Å². The highest BCUT2D eigenvalue weighted by atomic mass is 79.9. The number of ketones is 1. The van der Waals surface area contributed by atoms with Crippen LogP contribution in [0, 0.1) is 11.3 Å². The largest absolute Gasteiger partial charge is 0.494 e. The fourth-order valence-corrected chi connectivity index (χ4v) is 2.61. The van der Waals surface area contributed by atoms with Crippen molar-refractivity contribution in [3.8, 4) is 5.75 Å². The smallest absolute Gasteiger partial charge is 0.167 e. The van der Waals surface area contributed by atoms with Crippen molar-refractivity contribution in [2.45, 2.75) is 27.2 Å². The second-order valence-electron chi connectivity index (χ2n) is 5.18. The Morgan fingerprint density at radius 3 is 2.65 bits per heavy atom. The van der Waals surface area contributed by atoms with Crippen LogP contribution in [-0.4, -0.2) is 12.4 Å². The van der Waals surface area contributed by atoms with Gasteiger partial charge in [-0.25, -0.2) is 0 Å². The van der Waals surface area contributed by atoms with E-state index in [2.05, 4.69) is 29.8 Å². The summed E-state index contributed by atoms with van der Waals surface area (Å²) in [5, 5.41) is 0. The van der Waals surface area contributed by atoms with Crippen LogP contribution >= 0.6 is 15.9 Å². The topological polar surface area (TPSA) is 26.3 Å². The lowest BCUT2D eigenvalue weighted by atomic mass is 10.0. The van der Waals surface area contributed by atoms with Crippen molar-refractivity contribution < 1.29 is 9.53 Å². The molecule has 0 radical (unpaired) electrons. The third kappa shape index (κ3) is 2.54. The van der Waals surface area contributed by atoms with E-state index < -0.39 is 0 Å². The molecule has 0 amide bonds. The molecule has 0 spiro atoms. The maximum Gasteiger partial charge on any atom is 0.167 e.